The highest BCUT2D eigenvalue weighted by molar-refractivity contribution is 6.00. The van der Waals surface area contributed by atoms with Gasteiger partial charge >= 0.3 is 0 Å². The van der Waals surface area contributed by atoms with Crippen LogP contribution < -0.4 is 15.5 Å². The third-order valence-corrected chi connectivity index (χ3v) is 5.28. The van der Waals surface area contributed by atoms with Crippen LogP contribution in [0.3, 0.4) is 0 Å². The molecule has 0 spiro atoms. The van der Waals surface area contributed by atoms with Gasteiger partial charge in [-0.3, -0.25) is 14.4 Å². The van der Waals surface area contributed by atoms with E-state index >= 15 is 0 Å². The lowest BCUT2D eigenvalue weighted by atomic mass is 10.1. The molecule has 6 nitrogen and oxygen atoms in total. The van der Waals surface area contributed by atoms with E-state index in [0.29, 0.717) is 18.8 Å². The molecule has 2 atom stereocenters. The summed E-state index contributed by atoms with van der Waals surface area (Å²) in [6.45, 7) is 4.60. The maximum Gasteiger partial charge on any atom is 0.227 e. The highest BCUT2D eigenvalue weighted by Gasteiger charge is 2.34. The van der Waals surface area contributed by atoms with Gasteiger partial charge in [-0.25, -0.2) is 0 Å². The molecule has 2 aromatic carbocycles. The van der Waals surface area contributed by atoms with Crippen LogP contribution >= 0.6 is 0 Å². The minimum atomic E-state index is -0.365. The lowest BCUT2D eigenvalue weighted by molar-refractivity contribution is -0.126. The quantitative estimate of drug-likeness (QED) is 0.757. The lowest BCUT2D eigenvalue weighted by Crippen LogP contribution is -2.32. The second-order valence-corrected chi connectivity index (χ2v) is 7.46. The number of carbonyl (C=O) groups excluding carboxylic acids is 3. The predicted octanol–water partition coefficient (Wildman–Crippen LogP) is 3.34. The van der Waals surface area contributed by atoms with Crippen molar-refractivity contribution in [2.45, 2.75) is 33.2 Å². The van der Waals surface area contributed by atoms with Gasteiger partial charge in [0, 0.05) is 36.8 Å². The van der Waals surface area contributed by atoms with Crippen molar-refractivity contribution in [3.05, 3.63) is 60.2 Å². The summed E-state index contributed by atoms with van der Waals surface area (Å²) in [6.07, 6.45) is 0.993. The minimum Gasteiger partial charge on any atom is -0.352 e. The van der Waals surface area contributed by atoms with Crippen LogP contribution in [0.15, 0.2) is 54.6 Å². The first-order valence-electron chi connectivity index (χ1n) is 10.0. The number of anilines is 2. The Kier molecular flexibility index (Phi) is 6.65. The first-order chi connectivity index (χ1) is 14.0. The topological polar surface area (TPSA) is 78.5 Å². The number of amides is 3. The summed E-state index contributed by atoms with van der Waals surface area (Å²) in [5.41, 5.74) is 2.43. The molecule has 1 saturated heterocycles. The Bertz CT molecular complexity index is 882. The number of para-hydroxylation sites is 1. The fraction of sp³-hybridized carbons (Fsp3) is 0.348. The van der Waals surface area contributed by atoms with E-state index in [-0.39, 0.29) is 36.0 Å². The van der Waals surface area contributed by atoms with Crippen LogP contribution in [-0.4, -0.2) is 24.3 Å². The van der Waals surface area contributed by atoms with Gasteiger partial charge in [0.05, 0.1) is 5.92 Å². The third kappa shape index (κ3) is 5.22. The van der Waals surface area contributed by atoms with Crippen molar-refractivity contribution in [2.24, 2.45) is 11.8 Å². The van der Waals surface area contributed by atoms with Crippen LogP contribution in [0.4, 0.5) is 11.4 Å². The molecule has 29 heavy (non-hydrogen) atoms. The predicted molar refractivity (Wildman–Crippen MR) is 113 cm³/mol. The second kappa shape index (κ2) is 9.37. The molecule has 1 aliphatic heterocycles. The van der Waals surface area contributed by atoms with Crippen molar-refractivity contribution in [3.63, 3.8) is 0 Å². The summed E-state index contributed by atoms with van der Waals surface area (Å²) >= 11 is 0. The standard InChI is InChI=1S/C23H27N3O3/c1-3-16(2)22(28)25-19-9-7-8-17(12-19)14-24-23(29)18-13-21(27)26(15-18)20-10-5-4-6-11-20/h4-12,16,18H,3,13-15H2,1-2H3,(H,24,29)(H,25,28)/t16-,18+/m0/s1. The Hall–Kier alpha value is -3.15. The number of carbonyl (C=O) groups is 3. The monoisotopic (exact) mass is 393 g/mol. The Morgan fingerprint density at radius 2 is 1.90 bits per heavy atom. The first-order valence-corrected chi connectivity index (χ1v) is 10.0. The lowest BCUT2D eigenvalue weighted by Gasteiger charge is -2.16. The maximum absolute atomic E-state index is 12.6. The Balaban J connectivity index is 1.55. The summed E-state index contributed by atoms with van der Waals surface area (Å²) in [5, 5.41) is 5.82. The summed E-state index contributed by atoms with van der Waals surface area (Å²) in [4.78, 5) is 38.6. The highest BCUT2D eigenvalue weighted by Crippen LogP contribution is 2.25. The Morgan fingerprint density at radius 3 is 2.62 bits per heavy atom. The third-order valence-electron chi connectivity index (χ3n) is 5.28. The van der Waals surface area contributed by atoms with Crippen molar-refractivity contribution in [3.8, 4) is 0 Å². The molecule has 0 bridgehead atoms. The number of nitrogens with zero attached hydrogens (tertiary/aromatic N) is 1. The van der Waals surface area contributed by atoms with Gasteiger partial charge in [0.15, 0.2) is 0 Å². The molecule has 1 aliphatic rings. The van der Waals surface area contributed by atoms with Gasteiger partial charge in [-0.15, -0.1) is 0 Å². The number of rotatable bonds is 7. The van der Waals surface area contributed by atoms with Crippen LogP contribution in [0.5, 0.6) is 0 Å². The zero-order chi connectivity index (χ0) is 20.8. The van der Waals surface area contributed by atoms with Gasteiger partial charge in [-0.2, -0.15) is 0 Å². The SMILES string of the molecule is CC[C@H](C)C(=O)Nc1cccc(CNC(=O)[C@@H]2CC(=O)N(c3ccccc3)C2)c1. The molecule has 0 radical (unpaired) electrons. The van der Waals surface area contributed by atoms with Crippen LogP contribution in [0, 0.1) is 11.8 Å². The molecule has 3 rings (SSSR count). The Morgan fingerprint density at radius 1 is 1.14 bits per heavy atom. The number of nitrogens with one attached hydrogen (secondary N) is 2. The molecule has 3 amide bonds. The van der Waals surface area contributed by atoms with E-state index in [4.69, 9.17) is 0 Å². The normalized spacial score (nSPS) is 17.1. The second-order valence-electron chi connectivity index (χ2n) is 7.46. The van der Waals surface area contributed by atoms with Crippen molar-refractivity contribution in [2.75, 3.05) is 16.8 Å². The van der Waals surface area contributed by atoms with E-state index in [9.17, 15) is 14.4 Å². The molecule has 152 valence electrons. The van der Waals surface area contributed by atoms with Gasteiger partial charge < -0.3 is 15.5 Å². The zero-order valence-corrected chi connectivity index (χ0v) is 16.9. The number of benzene rings is 2. The molecule has 1 fully saturated rings. The fourth-order valence-electron chi connectivity index (χ4n) is 3.28. The average Bonchev–Trinajstić information content (AvgIpc) is 3.14. The molecule has 2 N–H and O–H groups in total. The highest BCUT2D eigenvalue weighted by atomic mass is 16.2. The van der Waals surface area contributed by atoms with E-state index in [0.717, 1.165) is 17.7 Å². The molecule has 0 saturated carbocycles. The molecule has 0 aliphatic carbocycles. The van der Waals surface area contributed by atoms with Crippen LogP contribution in [0.2, 0.25) is 0 Å². The van der Waals surface area contributed by atoms with Crippen molar-refractivity contribution >= 4 is 29.1 Å². The molecule has 2 aromatic rings. The van der Waals surface area contributed by atoms with Gasteiger partial charge in [0.1, 0.15) is 0 Å². The van der Waals surface area contributed by atoms with Gasteiger partial charge in [-0.05, 0) is 36.2 Å². The van der Waals surface area contributed by atoms with Crippen LogP contribution in [0.1, 0.15) is 32.3 Å². The van der Waals surface area contributed by atoms with Gasteiger partial charge in [-0.1, -0.05) is 44.2 Å². The van der Waals surface area contributed by atoms with E-state index in [1.807, 2.05) is 68.4 Å². The zero-order valence-electron chi connectivity index (χ0n) is 16.9. The largest absolute Gasteiger partial charge is 0.352 e. The van der Waals surface area contributed by atoms with Crippen LogP contribution in [0.25, 0.3) is 0 Å². The van der Waals surface area contributed by atoms with E-state index < -0.39 is 0 Å². The molecule has 6 heteroatoms. The van der Waals surface area contributed by atoms with Crippen molar-refractivity contribution in [1.29, 1.82) is 0 Å². The molecular formula is C23H27N3O3. The number of hydrogen-bond donors (Lipinski definition) is 2. The maximum atomic E-state index is 12.6. The van der Waals surface area contributed by atoms with Gasteiger partial charge in [0.25, 0.3) is 0 Å². The van der Waals surface area contributed by atoms with Gasteiger partial charge in [0.2, 0.25) is 17.7 Å². The summed E-state index contributed by atoms with van der Waals surface area (Å²) in [7, 11) is 0. The van der Waals surface area contributed by atoms with Crippen molar-refractivity contribution < 1.29 is 14.4 Å². The van der Waals surface area contributed by atoms with Crippen LogP contribution in [-0.2, 0) is 20.9 Å². The smallest absolute Gasteiger partial charge is 0.227 e. The number of hydrogen-bond acceptors (Lipinski definition) is 3. The van der Waals surface area contributed by atoms with E-state index in [2.05, 4.69) is 10.6 Å². The molecule has 0 aromatic heterocycles. The Labute approximate surface area is 171 Å². The molecule has 0 unspecified atom stereocenters. The minimum absolute atomic E-state index is 0.0147. The average molecular weight is 393 g/mol. The van der Waals surface area contributed by atoms with E-state index in [1.54, 1.807) is 4.90 Å². The van der Waals surface area contributed by atoms with Crippen molar-refractivity contribution in [1.82, 2.24) is 5.32 Å². The summed E-state index contributed by atoms with van der Waals surface area (Å²) in [5.74, 6) is -0.599. The summed E-state index contributed by atoms with van der Waals surface area (Å²) < 4.78 is 0. The van der Waals surface area contributed by atoms with E-state index in [1.165, 1.54) is 0 Å². The molecule has 1 heterocycles. The summed E-state index contributed by atoms with van der Waals surface area (Å²) in [6, 6.07) is 16.8. The fourth-order valence-corrected chi connectivity index (χ4v) is 3.28. The first kappa shape index (κ1) is 20.6. The molecular weight excluding hydrogens is 366 g/mol.